The number of carboxylic acids is 1. The number of carboxylic acid groups (broad SMARTS) is 1. The molecule has 0 fully saturated rings. The number of hydrogen-bond acceptors (Lipinski definition) is 4. The molecule has 1 N–H and O–H groups in total. The molecular formula is C14H19NO5. The van der Waals surface area contributed by atoms with Gasteiger partial charge in [0, 0.05) is 7.05 Å². The van der Waals surface area contributed by atoms with E-state index >= 15 is 0 Å². The fourth-order valence-corrected chi connectivity index (χ4v) is 1.93. The van der Waals surface area contributed by atoms with Crippen molar-refractivity contribution in [1.82, 2.24) is 4.90 Å². The van der Waals surface area contributed by atoms with E-state index in [0.717, 1.165) is 0 Å². The van der Waals surface area contributed by atoms with Gasteiger partial charge < -0.3 is 19.5 Å². The molecule has 110 valence electrons. The van der Waals surface area contributed by atoms with Gasteiger partial charge in [0.25, 0.3) is 5.91 Å². The van der Waals surface area contributed by atoms with Gasteiger partial charge in [0.1, 0.15) is 17.5 Å². The molecule has 0 saturated heterocycles. The van der Waals surface area contributed by atoms with Gasteiger partial charge in [-0.15, -0.1) is 0 Å². The Kier molecular flexibility index (Phi) is 5.37. The Labute approximate surface area is 117 Å². The topological polar surface area (TPSA) is 76.1 Å². The number of ether oxygens (including phenoxy) is 2. The monoisotopic (exact) mass is 281 g/mol. The lowest BCUT2D eigenvalue weighted by atomic mass is 10.1. The molecule has 0 saturated carbocycles. The predicted molar refractivity (Wildman–Crippen MR) is 73.4 cm³/mol. The van der Waals surface area contributed by atoms with Crippen molar-refractivity contribution in [3.05, 3.63) is 23.8 Å². The molecule has 0 aromatic heterocycles. The Morgan fingerprint density at radius 1 is 1.30 bits per heavy atom. The van der Waals surface area contributed by atoms with Crippen LogP contribution >= 0.6 is 0 Å². The highest BCUT2D eigenvalue weighted by molar-refractivity contribution is 5.99. The third-order valence-corrected chi connectivity index (χ3v) is 3.10. The van der Waals surface area contributed by atoms with E-state index in [1.165, 1.54) is 32.2 Å². The molecule has 1 rings (SSSR count). The van der Waals surface area contributed by atoms with Crippen LogP contribution in [0.15, 0.2) is 18.2 Å². The highest BCUT2D eigenvalue weighted by Gasteiger charge is 2.27. The van der Waals surface area contributed by atoms with Crippen molar-refractivity contribution in [2.75, 3.05) is 21.3 Å². The molecule has 0 aliphatic rings. The summed E-state index contributed by atoms with van der Waals surface area (Å²) in [6.45, 7) is 1.71. The Bertz CT molecular complexity index is 500. The first kappa shape index (κ1) is 15.8. The Morgan fingerprint density at radius 2 is 1.95 bits per heavy atom. The second-order valence-corrected chi connectivity index (χ2v) is 4.24. The number of carbonyl (C=O) groups is 2. The second-order valence-electron chi connectivity index (χ2n) is 4.24. The molecule has 1 amide bonds. The molecule has 1 atom stereocenters. The number of nitrogens with zero attached hydrogens (tertiary/aromatic N) is 1. The predicted octanol–water partition coefficient (Wildman–Crippen LogP) is 1.64. The lowest BCUT2D eigenvalue weighted by Gasteiger charge is -2.24. The summed E-state index contributed by atoms with van der Waals surface area (Å²) in [5.41, 5.74) is 0.272. The molecule has 0 aliphatic carbocycles. The summed E-state index contributed by atoms with van der Waals surface area (Å²) < 4.78 is 10.2. The van der Waals surface area contributed by atoms with Crippen LogP contribution in [0.2, 0.25) is 0 Å². The van der Waals surface area contributed by atoms with Crippen LogP contribution in [0.4, 0.5) is 0 Å². The summed E-state index contributed by atoms with van der Waals surface area (Å²) in [4.78, 5) is 24.8. The first-order chi connectivity index (χ1) is 9.46. The van der Waals surface area contributed by atoms with Gasteiger partial charge in [0.15, 0.2) is 0 Å². The van der Waals surface area contributed by atoms with E-state index in [0.29, 0.717) is 17.9 Å². The summed E-state index contributed by atoms with van der Waals surface area (Å²) in [7, 11) is 4.41. The van der Waals surface area contributed by atoms with E-state index < -0.39 is 17.9 Å². The summed E-state index contributed by atoms with van der Waals surface area (Å²) in [6, 6.07) is 3.94. The van der Waals surface area contributed by atoms with Crippen molar-refractivity contribution in [3.8, 4) is 11.5 Å². The summed E-state index contributed by atoms with van der Waals surface area (Å²) in [5, 5.41) is 9.12. The maximum atomic E-state index is 12.4. The fraction of sp³-hybridized carbons (Fsp3) is 0.429. The first-order valence-electron chi connectivity index (χ1n) is 6.18. The minimum atomic E-state index is -1.04. The maximum Gasteiger partial charge on any atom is 0.326 e. The van der Waals surface area contributed by atoms with Crippen LogP contribution in [0.3, 0.4) is 0 Å². The Balaban J connectivity index is 3.15. The number of aliphatic carboxylic acids is 1. The van der Waals surface area contributed by atoms with Gasteiger partial charge in [-0.3, -0.25) is 4.79 Å². The van der Waals surface area contributed by atoms with Gasteiger partial charge in [-0.1, -0.05) is 6.92 Å². The first-order valence-corrected chi connectivity index (χ1v) is 6.18. The molecule has 6 heteroatoms. The van der Waals surface area contributed by atoms with Crippen molar-refractivity contribution in [2.24, 2.45) is 0 Å². The fourth-order valence-electron chi connectivity index (χ4n) is 1.93. The van der Waals surface area contributed by atoms with Crippen LogP contribution in [-0.2, 0) is 4.79 Å². The highest BCUT2D eigenvalue weighted by atomic mass is 16.5. The third kappa shape index (κ3) is 3.20. The standard InChI is InChI=1S/C14H19NO5/c1-5-11(14(17)18)15(2)13(16)10-8-9(19-3)6-7-12(10)20-4/h6-8,11H,5H2,1-4H3,(H,17,18). The van der Waals surface area contributed by atoms with Gasteiger partial charge in [-0.2, -0.15) is 0 Å². The van der Waals surface area contributed by atoms with Crippen molar-refractivity contribution in [2.45, 2.75) is 19.4 Å². The van der Waals surface area contributed by atoms with E-state index in [4.69, 9.17) is 14.6 Å². The van der Waals surface area contributed by atoms with E-state index in [1.54, 1.807) is 19.1 Å². The highest BCUT2D eigenvalue weighted by Crippen LogP contribution is 2.25. The van der Waals surface area contributed by atoms with E-state index in [2.05, 4.69) is 0 Å². The van der Waals surface area contributed by atoms with Gasteiger partial charge in [-0.25, -0.2) is 4.79 Å². The molecule has 1 aromatic carbocycles. The summed E-state index contributed by atoms with van der Waals surface area (Å²) >= 11 is 0. The molecule has 0 heterocycles. The van der Waals surface area contributed by atoms with Crippen LogP contribution < -0.4 is 9.47 Å². The number of amides is 1. The number of carbonyl (C=O) groups excluding carboxylic acids is 1. The van der Waals surface area contributed by atoms with Gasteiger partial charge >= 0.3 is 5.97 Å². The van der Waals surface area contributed by atoms with E-state index in [9.17, 15) is 9.59 Å². The quantitative estimate of drug-likeness (QED) is 0.857. The zero-order chi connectivity index (χ0) is 15.3. The minimum Gasteiger partial charge on any atom is -0.497 e. The molecule has 1 unspecified atom stereocenters. The van der Waals surface area contributed by atoms with Crippen molar-refractivity contribution in [3.63, 3.8) is 0 Å². The lowest BCUT2D eigenvalue weighted by Crippen LogP contribution is -2.42. The van der Waals surface area contributed by atoms with Crippen LogP contribution in [0.1, 0.15) is 23.7 Å². The van der Waals surface area contributed by atoms with Crippen LogP contribution in [0.5, 0.6) is 11.5 Å². The third-order valence-electron chi connectivity index (χ3n) is 3.10. The smallest absolute Gasteiger partial charge is 0.326 e. The van der Waals surface area contributed by atoms with Crippen molar-refractivity contribution in [1.29, 1.82) is 0 Å². The number of methoxy groups -OCH3 is 2. The molecule has 0 spiro atoms. The number of likely N-dealkylation sites (N-methyl/N-ethyl adjacent to an activating group) is 1. The van der Waals surface area contributed by atoms with Gasteiger partial charge in [-0.05, 0) is 24.6 Å². The number of hydrogen-bond donors (Lipinski definition) is 1. The average Bonchev–Trinajstić information content (AvgIpc) is 2.45. The molecule has 6 nitrogen and oxygen atoms in total. The van der Waals surface area contributed by atoms with Crippen LogP contribution in [-0.4, -0.2) is 49.2 Å². The normalized spacial score (nSPS) is 11.6. The van der Waals surface area contributed by atoms with Crippen molar-refractivity contribution >= 4 is 11.9 Å². The zero-order valence-electron chi connectivity index (χ0n) is 12.0. The van der Waals surface area contributed by atoms with E-state index in [-0.39, 0.29) is 5.56 Å². The maximum absolute atomic E-state index is 12.4. The van der Waals surface area contributed by atoms with E-state index in [1.807, 2.05) is 0 Å². The molecule has 0 aliphatic heterocycles. The number of rotatable bonds is 6. The Morgan fingerprint density at radius 3 is 2.40 bits per heavy atom. The largest absolute Gasteiger partial charge is 0.497 e. The van der Waals surface area contributed by atoms with Crippen LogP contribution in [0.25, 0.3) is 0 Å². The SMILES string of the molecule is CCC(C(=O)O)N(C)C(=O)c1cc(OC)ccc1OC. The zero-order valence-corrected chi connectivity index (χ0v) is 12.0. The molecule has 0 bridgehead atoms. The van der Waals surface area contributed by atoms with Crippen molar-refractivity contribution < 1.29 is 24.2 Å². The molecule has 0 radical (unpaired) electrons. The Hall–Kier alpha value is -2.24. The minimum absolute atomic E-state index is 0.272. The molecule has 20 heavy (non-hydrogen) atoms. The van der Waals surface area contributed by atoms with Gasteiger partial charge in [0.2, 0.25) is 0 Å². The van der Waals surface area contributed by atoms with Crippen LogP contribution in [0, 0.1) is 0 Å². The molecule has 1 aromatic rings. The number of benzene rings is 1. The summed E-state index contributed by atoms with van der Waals surface area (Å²) in [6.07, 6.45) is 0.323. The molecular weight excluding hydrogens is 262 g/mol. The average molecular weight is 281 g/mol. The lowest BCUT2D eigenvalue weighted by molar-refractivity contribution is -0.142. The summed E-state index contributed by atoms with van der Waals surface area (Å²) in [5.74, 6) is -0.575. The second kappa shape index (κ2) is 6.79. The van der Waals surface area contributed by atoms with Gasteiger partial charge in [0.05, 0.1) is 19.8 Å².